The van der Waals surface area contributed by atoms with Gasteiger partial charge in [0.2, 0.25) is 0 Å². The first-order valence-electron chi connectivity index (χ1n) is 17.6. The van der Waals surface area contributed by atoms with Crippen LogP contribution in [0.3, 0.4) is 0 Å². The van der Waals surface area contributed by atoms with Crippen LogP contribution in [0.5, 0.6) is 5.75 Å². The molecule has 0 aromatic heterocycles. The van der Waals surface area contributed by atoms with Crippen molar-refractivity contribution in [2.45, 2.75) is 64.4 Å². The highest BCUT2D eigenvalue weighted by Crippen LogP contribution is 2.71. The summed E-state index contributed by atoms with van der Waals surface area (Å²) in [6.07, 6.45) is 3.48. The molecule has 51 heavy (non-hydrogen) atoms. The maximum atomic E-state index is 11.7. The minimum Gasteiger partial charge on any atom is -0.486 e. The predicted molar refractivity (Wildman–Crippen MR) is 203 cm³/mol. The van der Waals surface area contributed by atoms with Crippen LogP contribution in [0.4, 0.5) is 17.1 Å². The predicted octanol–water partition coefficient (Wildman–Crippen LogP) is 10.6. The monoisotopic (exact) mass is 698 g/mol. The fourth-order valence-corrected chi connectivity index (χ4v) is 9.00. The van der Waals surface area contributed by atoms with Crippen molar-refractivity contribution in [1.29, 1.82) is 0 Å². The van der Waals surface area contributed by atoms with Crippen molar-refractivity contribution < 1.29 is 22.1 Å². The summed E-state index contributed by atoms with van der Waals surface area (Å²) in [5, 5.41) is 5.18. The van der Waals surface area contributed by atoms with E-state index in [0.717, 1.165) is 51.2 Å². The number of para-hydroxylation sites is 2. The van der Waals surface area contributed by atoms with Gasteiger partial charge in [-0.15, -0.1) is 0 Å². The Hall–Kier alpha value is -4.92. The van der Waals surface area contributed by atoms with E-state index in [4.69, 9.17) is 14.1 Å². The molecule has 8 rings (SSSR count). The molecule has 0 saturated heterocycles. The molecule has 3 aliphatic carbocycles. The van der Waals surface area contributed by atoms with Crippen molar-refractivity contribution in [3.8, 4) is 28.2 Å². The van der Waals surface area contributed by atoms with Gasteiger partial charge < -0.3 is 14.5 Å². The van der Waals surface area contributed by atoms with Gasteiger partial charge in [-0.05, 0) is 98.3 Å². The van der Waals surface area contributed by atoms with Crippen LogP contribution in [0.1, 0.15) is 51.2 Å². The third kappa shape index (κ3) is 5.80. The molecule has 4 aromatic rings. The smallest absolute Gasteiger partial charge is 0.294 e. The highest BCUT2D eigenvalue weighted by molar-refractivity contribution is 7.85. The summed E-state index contributed by atoms with van der Waals surface area (Å²) in [4.78, 5) is 4.67. The van der Waals surface area contributed by atoms with Crippen LogP contribution >= 0.6 is 0 Å². The lowest BCUT2D eigenvalue weighted by Crippen LogP contribution is -2.31. The lowest BCUT2D eigenvalue weighted by atomic mass is 9.88. The van der Waals surface area contributed by atoms with E-state index in [2.05, 4.69) is 81.5 Å². The van der Waals surface area contributed by atoms with E-state index in [0.29, 0.717) is 39.8 Å². The molecule has 260 valence electrons. The summed E-state index contributed by atoms with van der Waals surface area (Å²) in [7, 11) is -4.32. The van der Waals surface area contributed by atoms with E-state index in [1.54, 1.807) is 13.0 Å². The molecule has 3 unspecified atom stereocenters. The highest BCUT2D eigenvalue weighted by Gasteiger charge is 2.74. The van der Waals surface area contributed by atoms with Crippen molar-refractivity contribution in [1.82, 2.24) is 0 Å². The van der Waals surface area contributed by atoms with Crippen molar-refractivity contribution >= 4 is 38.1 Å². The van der Waals surface area contributed by atoms with Crippen LogP contribution in [0.2, 0.25) is 0 Å². The number of ether oxygens (including phenoxy) is 1. The van der Waals surface area contributed by atoms with E-state index in [1.807, 2.05) is 36.4 Å². The molecule has 1 heterocycles. The Kier molecular flexibility index (Phi) is 7.89. The van der Waals surface area contributed by atoms with E-state index < -0.39 is 10.1 Å². The van der Waals surface area contributed by atoms with Gasteiger partial charge in [0.05, 0.1) is 15.9 Å². The first kappa shape index (κ1) is 33.2. The second kappa shape index (κ2) is 12.1. The Labute approximate surface area is 299 Å². The SMILES string of the molecule is Cc1cc(S(=O)(=O)O)ccc1N=c1ccc2c(-c3ccccc3OC34CC(C)CCC3C4(C)C)c3ccc(Nc4ccccc4C)cc3oc-2c1. The van der Waals surface area contributed by atoms with Crippen molar-refractivity contribution in [3.05, 3.63) is 120 Å². The minimum atomic E-state index is -4.32. The zero-order valence-corrected chi connectivity index (χ0v) is 30.3. The summed E-state index contributed by atoms with van der Waals surface area (Å²) >= 11 is 0. The third-order valence-electron chi connectivity index (χ3n) is 11.3. The van der Waals surface area contributed by atoms with Crippen LogP contribution in [-0.2, 0) is 10.1 Å². The Morgan fingerprint density at radius 1 is 0.863 bits per heavy atom. The largest absolute Gasteiger partial charge is 0.486 e. The van der Waals surface area contributed by atoms with Crippen LogP contribution in [0, 0.1) is 31.1 Å². The van der Waals surface area contributed by atoms with Gasteiger partial charge in [0.1, 0.15) is 22.7 Å². The quantitative estimate of drug-likeness (QED) is 0.127. The average molecular weight is 699 g/mol. The lowest BCUT2D eigenvalue weighted by molar-refractivity contribution is 0.0854. The van der Waals surface area contributed by atoms with Crippen molar-refractivity contribution in [3.63, 3.8) is 0 Å². The molecule has 4 aliphatic rings. The first-order valence-corrected chi connectivity index (χ1v) is 19.0. The topological polar surface area (TPSA) is 101 Å². The number of nitrogens with zero attached hydrogens (tertiary/aromatic N) is 1. The van der Waals surface area contributed by atoms with Crippen molar-refractivity contribution in [2.75, 3.05) is 5.32 Å². The molecule has 4 aromatic carbocycles. The molecule has 8 heteroatoms. The van der Waals surface area contributed by atoms with Crippen LogP contribution in [-0.4, -0.2) is 18.6 Å². The Bertz CT molecular complexity index is 2480. The molecule has 3 atom stereocenters. The maximum absolute atomic E-state index is 11.7. The Balaban J connectivity index is 1.30. The molecule has 2 fully saturated rings. The molecule has 1 aliphatic heterocycles. The van der Waals surface area contributed by atoms with E-state index in [-0.39, 0.29) is 15.9 Å². The van der Waals surface area contributed by atoms with Gasteiger partial charge in [-0.2, -0.15) is 8.42 Å². The molecule has 0 spiro atoms. The molecular formula is C43H42N2O5S. The summed E-state index contributed by atoms with van der Waals surface area (Å²) < 4.78 is 46.8. The van der Waals surface area contributed by atoms with Gasteiger partial charge in [-0.3, -0.25) is 4.55 Å². The van der Waals surface area contributed by atoms with Gasteiger partial charge in [-0.25, -0.2) is 4.99 Å². The minimum absolute atomic E-state index is 0.102. The van der Waals surface area contributed by atoms with Crippen LogP contribution in [0.25, 0.3) is 33.4 Å². The Morgan fingerprint density at radius 2 is 1.65 bits per heavy atom. The normalized spacial score (nSPS) is 21.4. The van der Waals surface area contributed by atoms with Gasteiger partial charge in [0, 0.05) is 56.9 Å². The molecule has 2 saturated carbocycles. The molecule has 0 radical (unpaired) electrons. The second-order valence-electron chi connectivity index (χ2n) is 15.0. The summed E-state index contributed by atoms with van der Waals surface area (Å²) in [6.45, 7) is 10.9. The number of nitrogens with one attached hydrogen (secondary N) is 1. The van der Waals surface area contributed by atoms with Gasteiger partial charge >= 0.3 is 0 Å². The molecule has 7 nitrogen and oxygen atoms in total. The van der Waals surface area contributed by atoms with Gasteiger partial charge in [0.15, 0.2) is 0 Å². The first-order chi connectivity index (χ1) is 24.3. The van der Waals surface area contributed by atoms with E-state index in [9.17, 15) is 13.0 Å². The molecule has 0 bridgehead atoms. The number of aryl methyl sites for hydroxylation is 2. The summed E-state index contributed by atoms with van der Waals surface area (Å²) in [5.74, 6) is 2.67. The standard InChI is InChI=1S/C43H42N2O5S/c1-26-14-21-40-42(4,5)43(40,25-26)50-37-13-9-7-11-32(37)41-33-18-15-29(44-35-12-8-6-10-27(35)2)23-38(33)49-39-24-30(16-19-34(39)41)45-36-20-17-31(22-28(36)3)51(46,47)48/h6-13,15-20,22-24,26,40,44H,14,21,25H2,1-5H3,(H,46,47,48). The van der Waals surface area contributed by atoms with Crippen LogP contribution < -0.4 is 15.4 Å². The number of hydrogen-bond acceptors (Lipinski definition) is 6. The van der Waals surface area contributed by atoms with Crippen LogP contribution in [0.15, 0.2) is 117 Å². The lowest BCUT2D eigenvalue weighted by Gasteiger charge is -2.30. The van der Waals surface area contributed by atoms with Crippen molar-refractivity contribution in [2.24, 2.45) is 22.2 Å². The molecule has 2 N–H and O–H groups in total. The van der Waals surface area contributed by atoms with E-state index >= 15 is 0 Å². The van der Waals surface area contributed by atoms with Gasteiger partial charge in [0.25, 0.3) is 10.1 Å². The highest BCUT2D eigenvalue weighted by atomic mass is 32.2. The molecule has 0 amide bonds. The summed E-state index contributed by atoms with van der Waals surface area (Å²) in [6, 6.07) is 33.1. The molecular weight excluding hydrogens is 657 g/mol. The number of hydrogen-bond donors (Lipinski definition) is 2. The zero-order valence-electron chi connectivity index (χ0n) is 29.5. The third-order valence-corrected chi connectivity index (χ3v) is 12.2. The number of rotatable bonds is 7. The maximum Gasteiger partial charge on any atom is 0.294 e. The fourth-order valence-electron chi connectivity index (χ4n) is 8.43. The number of benzene rings is 5. The summed E-state index contributed by atoms with van der Waals surface area (Å²) in [5.41, 5.74) is 7.88. The van der Waals surface area contributed by atoms with Gasteiger partial charge in [-0.1, -0.05) is 63.6 Å². The van der Waals surface area contributed by atoms with E-state index in [1.165, 1.54) is 25.0 Å². The number of fused-ring (bicyclic) bond motifs is 3. The zero-order chi connectivity index (χ0) is 35.7. The second-order valence-corrected chi connectivity index (χ2v) is 16.4. The Morgan fingerprint density at radius 3 is 2.43 bits per heavy atom. The average Bonchev–Trinajstić information content (AvgIpc) is 3.56. The number of anilines is 2. The fraction of sp³-hybridized carbons (Fsp3) is 0.279.